The minimum Gasteiger partial charge on any atom is -0.394 e. The maximum absolute atomic E-state index is 13.1. The highest BCUT2D eigenvalue weighted by Gasteiger charge is 2.45. The van der Waals surface area contributed by atoms with Crippen molar-refractivity contribution in [1.29, 1.82) is 0 Å². The molecule has 1 saturated heterocycles. The van der Waals surface area contributed by atoms with Crippen LogP contribution in [0.15, 0.2) is 24.3 Å². The summed E-state index contributed by atoms with van der Waals surface area (Å²) in [7, 11) is 0. The van der Waals surface area contributed by atoms with Crippen molar-refractivity contribution < 1.29 is 14.7 Å². The van der Waals surface area contributed by atoms with Crippen LogP contribution in [0.2, 0.25) is 0 Å². The topological polar surface area (TPSA) is 60.9 Å². The van der Waals surface area contributed by atoms with Crippen LogP contribution in [0.1, 0.15) is 49.3 Å². The minimum absolute atomic E-state index is 0.0148. The summed E-state index contributed by atoms with van der Waals surface area (Å²) < 4.78 is 0. The quantitative estimate of drug-likeness (QED) is 0.893. The highest BCUT2D eigenvalue weighted by atomic mass is 16.3. The predicted molar refractivity (Wildman–Crippen MR) is 93.8 cm³/mol. The lowest BCUT2D eigenvalue weighted by Crippen LogP contribution is -2.63. The largest absolute Gasteiger partial charge is 0.394 e. The number of nitrogens with zero attached hydrogens (tertiary/aromatic N) is 2. The Hall–Kier alpha value is -1.88. The number of carbonyl (C=O) groups excluding carboxylic acids is 2. The van der Waals surface area contributed by atoms with Gasteiger partial charge >= 0.3 is 0 Å². The third-order valence-electron chi connectivity index (χ3n) is 6.14. The molecule has 1 aromatic carbocycles. The first-order valence-electron chi connectivity index (χ1n) is 9.50. The maximum Gasteiger partial charge on any atom is 0.248 e. The van der Waals surface area contributed by atoms with Crippen molar-refractivity contribution in [3.05, 3.63) is 35.4 Å². The normalized spacial score (nSPS) is 27.0. The van der Waals surface area contributed by atoms with Crippen molar-refractivity contribution in [3.63, 3.8) is 0 Å². The summed E-state index contributed by atoms with van der Waals surface area (Å²) in [5.74, 6) is -0.0202. The van der Waals surface area contributed by atoms with Crippen LogP contribution in [0.25, 0.3) is 0 Å². The second kappa shape index (κ2) is 6.79. The van der Waals surface area contributed by atoms with Gasteiger partial charge in [-0.3, -0.25) is 9.59 Å². The van der Waals surface area contributed by atoms with Crippen LogP contribution >= 0.6 is 0 Å². The van der Waals surface area contributed by atoms with Crippen molar-refractivity contribution in [2.45, 2.75) is 50.6 Å². The Morgan fingerprint density at radius 1 is 1.16 bits per heavy atom. The Bertz CT molecular complexity index is 669. The summed E-state index contributed by atoms with van der Waals surface area (Å²) in [5, 5.41) is 9.82. The van der Waals surface area contributed by atoms with Gasteiger partial charge in [-0.1, -0.05) is 43.5 Å². The molecule has 5 heteroatoms. The van der Waals surface area contributed by atoms with E-state index in [0.29, 0.717) is 13.1 Å². The summed E-state index contributed by atoms with van der Waals surface area (Å²) >= 11 is 0. The van der Waals surface area contributed by atoms with Crippen LogP contribution in [0.5, 0.6) is 0 Å². The second-order valence-corrected chi connectivity index (χ2v) is 7.52. The van der Waals surface area contributed by atoms with Crippen LogP contribution in [-0.4, -0.2) is 52.5 Å². The number of aliphatic hydroxyl groups excluding tert-OH is 1. The lowest BCUT2D eigenvalue weighted by molar-refractivity contribution is -0.160. The van der Waals surface area contributed by atoms with Crippen molar-refractivity contribution >= 4 is 11.8 Å². The molecule has 0 aromatic heterocycles. The number of amides is 2. The zero-order chi connectivity index (χ0) is 17.4. The Morgan fingerprint density at radius 3 is 2.68 bits per heavy atom. The molecule has 2 amide bonds. The smallest absolute Gasteiger partial charge is 0.248 e. The molecular weight excluding hydrogens is 316 g/mol. The lowest BCUT2D eigenvalue weighted by atomic mass is 9.85. The average molecular weight is 342 g/mol. The molecule has 1 saturated carbocycles. The number of rotatable bonds is 2. The van der Waals surface area contributed by atoms with Crippen LogP contribution in [0.4, 0.5) is 0 Å². The Kier molecular flexibility index (Phi) is 4.50. The number of piperazine rings is 1. The fourth-order valence-corrected chi connectivity index (χ4v) is 4.75. The summed E-state index contributed by atoms with van der Waals surface area (Å²) in [6, 6.07) is 7.42. The molecule has 2 aliphatic heterocycles. The molecule has 0 radical (unpaired) electrons. The van der Waals surface area contributed by atoms with E-state index in [0.717, 1.165) is 37.7 Å². The van der Waals surface area contributed by atoms with Gasteiger partial charge in [-0.2, -0.15) is 0 Å². The molecule has 0 unspecified atom stereocenters. The van der Waals surface area contributed by atoms with Gasteiger partial charge in [-0.15, -0.1) is 0 Å². The first kappa shape index (κ1) is 16.6. The lowest BCUT2D eigenvalue weighted by Gasteiger charge is -2.48. The first-order chi connectivity index (χ1) is 12.2. The zero-order valence-electron chi connectivity index (χ0n) is 14.6. The first-order valence-corrected chi connectivity index (χ1v) is 9.50. The van der Waals surface area contributed by atoms with Crippen molar-refractivity contribution in [1.82, 2.24) is 9.80 Å². The molecule has 1 aromatic rings. The molecule has 2 fully saturated rings. The van der Waals surface area contributed by atoms with E-state index >= 15 is 0 Å². The standard InChI is InChI=1S/C20H26N2O3/c23-13-18-20(25)21-11-10-14-6-4-5-9-16(14)17(21)12-22(18)19(24)15-7-2-1-3-8-15/h4-6,9,15,17-18,23H,1-3,7-8,10-13H2/t17-,18-/m0/s1. The molecule has 134 valence electrons. The van der Waals surface area contributed by atoms with Crippen molar-refractivity contribution in [2.75, 3.05) is 19.7 Å². The molecule has 4 rings (SSSR count). The molecule has 5 nitrogen and oxygen atoms in total. The van der Waals surface area contributed by atoms with Crippen LogP contribution < -0.4 is 0 Å². The fraction of sp³-hybridized carbons (Fsp3) is 0.600. The van der Waals surface area contributed by atoms with E-state index in [1.807, 2.05) is 17.0 Å². The van der Waals surface area contributed by atoms with Gasteiger partial charge < -0.3 is 14.9 Å². The van der Waals surface area contributed by atoms with Crippen LogP contribution in [0, 0.1) is 5.92 Å². The van der Waals surface area contributed by atoms with Gasteiger partial charge in [0.1, 0.15) is 6.04 Å². The van der Waals surface area contributed by atoms with Gasteiger partial charge in [0, 0.05) is 19.0 Å². The highest BCUT2D eigenvalue weighted by molar-refractivity contribution is 5.90. The van der Waals surface area contributed by atoms with Gasteiger partial charge in [0.2, 0.25) is 11.8 Å². The number of hydrogen-bond acceptors (Lipinski definition) is 3. The Labute approximate surface area is 148 Å². The zero-order valence-corrected chi connectivity index (χ0v) is 14.6. The molecule has 1 aliphatic carbocycles. The van der Waals surface area contributed by atoms with E-state index in [1.54, 1.807) is 4.90 Å². The molecule has 0 spiro atoms. The van der Waals surface area contributed by atoms with Gasteiger partial charge in [0.25, 0.3) is 0 Å². The summed E-state index contributed by atoms with van der Waals surface area (Å²) in [6.45, 7) is 0.883. The van der Waals surface area contributed by atoms with E-state index in [1.165, 1.54) is 12.0 Å². The number of benzene rings is 1. The molecule has 25 heavy (non-hydrogen) atoms. The van der Waals surface area contributed by atoms with E-state index in [-0.39, 0.29) is 30.4 Å². The second-order valence-electron chi connectivity index (χ2n) is 7.52. The number of hydrogen-bond donors (Lipinski definition) is 1. The minimum atomic E-state index is -0.712. The monoisotopic (exact) mass is 342 g/mol. The number of aliphatic hydroxyl groups is 1. The Morgan fingerprint density at radius 2 is 1.92 bits per heavy atom. The third kappa shape index (κ3) is 2.84. The van der Waals surface area contributed by atoms with Crippen molar-refractivity contribution in [3.8, 4) is 0 Å². The maximum atomic E-state index is 13.1. The Balaban J connectivity index is 1.64. The van der Waals surface area contributed by atoms with Gasteiger partial charge in [0.15, 0.2) is 0 Å². The predicted octanol–water partition coefficient (Wildman–Crippen LogP) is 1.90. The van der Waals surface area contributed by atoms with E-state index < -0.39 is 6.04 Å². The van der Waals surface area contributed by atoms with E-state index in [9.17, 15) is 14.7 Å². The molecule has 2 atom stereocenters. The number of fused-ring (bicyclic) bond motifs is 3. The fourth-order valence-electron chi connectivity index (χ4n) is 4.75. The van der Waals surface area contributed by atoms with Crippen LogP contribution in [-0.2, 0) is 16.0 Å². The molecule has 1 N–H and O–H groups in total. The van der Waals surface area contributed by atoms with E-state index in [4.69, 9.17) is 0 Å². The van der Waals surface area contributed by atoms with Gasteiger partial charge in [-0.25, -0.2) is 0 Å². The molecule has 2 heterocycles. The highest BCUT2D eigenvalue weighted by Crippen LogP contribution is 2.36. The molecular formula is C20H26N2O3. The molecule has 3 aliphatic rings. The van der Waals surface area contributed by atoms with E-state index in [2.05, 4.69) is 12.1 Å². The van der Waals surface area contributed by atoms with Crippen LogP contribution in [0.3, 0.4) is 0 Å². The summed E-state index contributed by atoms with van der Waals surface area (Å²) in [5.41, 5.74) is 2.42. The summed E-state index contributed by atoms with van der Waals surface area (Å²) in [6.07, 6.45) is 6.02. The summed E-state index contributed by atoms with van der Waals surface area (Å²) in [4.78, 5) is 29.6. The van der Waals surface area contributed by atoms with Gasteiger partial charge in [0.05, 0.1) is 12.6 Å². The number of carbonyl (C=O) groups is 2. The van der Waals surface area contributed by atoms with Gasteiger partial charge in [-0.05, 0) is 30.4 Å². The molecule has 0 bridgehead atoms. The SMILES string of the molecule is O=C(C1CCCCC1)N1C[C@H]2c3ccccc3CCN2C(=O)[C@@H]1CO. The van der Waals surface area contributed by atoms with Crippen molar-refractivity contribution in [2.24, 2.45) is 5.92 Å². The third-order valence-corrected chi connectivity index (χ3v) is 6.14. The average Bonchev–Trinajstić information content (AvgIpc) is 2.67.